The van der Waals surface area contributed by atoms with Crippen LogP contribution in [0.4, 0.5) is 5.69 Å². The first-order chi connectivity index (χ1) is 21.9. The van der Waals surface area contributed by atoms with E-state index in [4.69, 9.17) is 14.6 Å². The van der Waals surface area contributed by atoms with Crippen LogP contribution in [0.2, 0.25) is 0 Å². The minimum absolute atomic E-state index is 0.106. The molecule has 3 amide bonds. The number of cyclic esters (lactones) is 1. The molecule has 4 rings (SSSR count). The fourth-order valence-electron chi connectivity index (χ4n) is 5.14. The lowest BCUT2D eigenvalue weighted by molar-refractivity contribution is -0.150. The van der Waals surface area contributed by atoms with Crippen LogP contribution >= 0.6 is 0 Å². The van der Waals surface area contributed by atoms with Crippen molar-refractivity contribution < 1.29 is 33.8 Å². The third-order valence-electron chi connectivity index (χ3n) is 7.58. The number of hydrogen-bond donors (Lipinski definition) is 4. The molecule has 1 aliphatic rings. The van der Waals surface area contributed by atoms with Crippen LogP contribution in [0.1, 0.15) is 31.2 Å². The lowest BCUT2D eigenvalue weighted by Gasteiger charge is -2.23. The predicted molar refractivity (Wildman–Crippen MR) is 171 cm³/mol. The molecule has 0 saturated carbocycles. The number of benzene rings is 3. The van der Waals surface area contributed by atoms with Crippen molar-refractivity contribution in [1.82, 2.24) is 10.6 Å². The summed E-state index contributed by atoms with van der Waals surface area (Å²) >= 11 is 0. The summed E-state index contributed by atoms with van der Waals surface area (Å²) in [6, 6.07) is 21.7. The molecule has 1 aliphatic heterocycles. The minimum atomic E-state index is -1.19. The van der Waals surface area contributed by atoms with Gasteiger partial charge in [-0.2, -0.15) is 0 Å². The normalized spacial score (nSPS) is 19.4. The summed E-state index contributed by atoms with van der Waals surface area (Å²) in [6.45, 7) is 0.170. The summed E-state index contributed by atoms with van der Waals surface area (Å²) in [6.07, 6.45) is 5.52. The van der Waals surface area contributed by atoms with Gasteiger partial charge in [0.2, 0.25) is 11.8 Å². The van der Waals surface area contributed by atoms with Gasteiger partial charge in [0, 0.05) is 18.7 Å². The van der Waals surface area contributed by atoms with Crippen molar-refractivity contribution in [1.29, 1.82) is 0 Å². The van der Waals surface area contributed by atoms with E-state index < -0.39 is 35.7 Å². The lowest BCUT2D eigenvalue weighted by atomic mass is 9.94. The van der Waals surface area contributed by atoms with Crippen LogP contribution in [0.15, 0.2) is 84.9 Å². The Morgan fingerprint density at radius 3 is 2.51 bits per heavy atom. The highest BCUT2D eigenvalue weighted by Crippen LogP contribution is 2.21. The number of carbonyl (C=O) groups excluding carboxylic acids is 4. The molecule has 238 valence electrons. The second-order valence-electron chi connectivity index (χ2n) is 11.0. The molecule has 0 saturated heterocycles. The number of hydrogen-bond acceptors (Lipinski definition) is 7. The maximum Gasteiger partial charge on any atom is 0.309 e. The standard InChI is InChI=1S/C35H41N3O7/c39-18-20-44-19-17-36-32(40)23-28-13-5-2-6-14-29(21-25-9-3-1-4-10-25)35(43)45-24-31(38-33(28)41)34(42)37-30-16-15-26-11-7-8-12-27(26)22-30/h1-5,7-12,15-16,22,28-29,31,39H,6,13-14,17-21,23-24H2,(H,36,40)(H,37,42)(H,38,41)/t28-,29-,31+/m1/s1. The minimum Gasteiger partial charge on any atom is -0.463 e. The Kier molecular flexibility index (Phi) is 13.1. The number of fused-ring (bicyclic) bond motifs is 1. The maximum atomic E-state index is 13.5. The highest BCUT2D eigenvalue weighted by molar-refractivity contribution is 5.99. The molecule has 0 fully saturated rings. The number of allylic oxidation sites excluding steroid dienone is 2. The van der Waals surface area contributed by atoms with Crippen LogP contribution < -0.4 is 16.0 Å². The van der Waals surface area contributed by atoms with Crippen molar-refractivity contribution in [2.24, 2.45) is 11.8 Å². The molecule has 3 atom stereocenters. The number of rotatable bonds is 11. The Balaban J connectivity index is 1.50. The Hall–Kier alpha value is -4.54. The molecule has 10 heteroatoms. The number of ether oxygens (including phenoxy) is 2. The summed E-state index contributed by atoms with van der Waals surface area (Å²) in [5, 5.41) is 19.1. The van der Waals surface area contributed by atoms with Gasteiger partial charge in [-0.1, -0.05) is 72.8 Å². The molecule has 0 aromatic heterocycles. The summed E-state index contributed by atoms with van der Waals surface area (Å²) in [4.78, 5) is 53.0. The maximum absolute atomic E-state index is 13.5. The first kappa shape index (κ1) is 33.4. The van der Waals surface area contributed by atoms with Gasteiger partial charge in [0.15, 0.2) is 0 Å². The monoisotopic (exact) mass is 615 g/mol. The van der Waals surface area contributed by atoms with Crippen molar-refractivity contribution in [2.75, 3.05) is 38.3 Å². The van der Waals surface area contributed by atoms with Crippen LogP contribution in [0.25, 0.3) is 10.8 Å². The SMILES string of the molecule is O=C(C[C@H]1CC=CCC[C@H](Cc2ccccc2)C(=O)OC[C@@H](C(=O)Nc2ccc3ccccc3c2)NC1=O)NCCOCCO. The Morgan fingerprint density at radius 1 is 0.933 bits per heavy atom. The fourth-order valence-corrected chi connectivity index (χ4v) is 5.14. The van der Waals surface area contributed by atoms with Gasteiger partial charge in [0.05, 0.1) is 31.7 Å². The van der Waals surface area contributed by atoms with Crippen molar-refractivity contribution in [3.05, 3.63) is 90.5 Å². The molecule has 1 heterocycles. The third kappa shape index (κ3) is 10.8. The van der Waals surface area contributed by atoms with E-state index in [0.29, 0.717) is 24.9 Å². The van der Waals surface area contributed by atoms with Gasteiger partial charge in [-0.15, -0.1) is 0 Å². The van der Waals surface area contributed by atoms with Gasteiger partial charge in [-0.05, 0) is 54.2 Å². The van der Waals surface area contributed by atoms with Crippen LogP contribution in [0.3, 0.4) is 0 Å². The fraction of sp³-hybridized carbons (Fsp3) is 0.371. The molecule has 0 aliphatic carbocycles. The molecular weight excluding hydrogens is 574 g/mol. The van der Waals surface area contributed by atoms with E-state index >= 15 is 0 Å². The first-order valence-electron chi connectivity index (χ1n) is 15.3. The summed E-state index contributed by atoms with van der Waals surface area (Å²) in [7, 11) is 0. The van der Waals surface area contributed by atoms with E-state index in [-0.39, 0.29) is 51.7 Å². The molecule has 0 unspecified atom stereocenters. The van der Waals surface area contributed by atoms with Gasteiger partial charge < -0.3 is 30.5 Å². The lowest BCUT2D eigenvalue weighted by Crippen LogP contribution is -2.49. The van der Waals surface area contributed by atoms with Crippen LogP contribution in [-0.2, 0) is 35.1 Å². The number of anilines is 1. The highest BCUT2D eigenvalue weighted by atomic mass is 16.5. The van der Waals surface area contributed by atoms with Gasteiger partial charge in [0.25, 0.3) is 5.91 Å². The molecule has 45 heavy (non-hydrogen) atoms. The third-order valence-corrected chi connectivity index (χ3v) is 7.58. The topological polar surface area (TPSA) is 143 Å². The van der Waals surface area contributed by atoms with Crippen molar-refractivity contribution >= 4 is 40.2 Å². The van der Waals surface area contributed by atoms with Crippen molar-refractivity contribution in [3.8, 4) is 0 Å². The van der Waals surface area contributed by atoms with Crippen LogP contribution in [-0.4, -0.2) is 67.8 Å². The first-order valence-corrected chi connectivity index (χ1v) is 15.3. The van der Waals surface area contributed by atoms with Crippen LogP contribution in [0.5, 0.6) is 0 Å². The highest BCUT2D eigenvalue weighted by Gasteiger charge is 2.30. The van der Waals surface area contributed by atoms with E-state index in [1.54, 1.807) is 6.07 Å². The molecule has 0 bridgehead atoms. The van der Waals surface area contributed by atoms with Gasteiger partial charge in [-0.3, -0.25) is 19.2 Å². The number of esters is 1. The van der Waals surface area contributed by atoms with Crippen molar-refractivity contribution in [3.63, 3.8) is 0 Å². The second-order valence-corrected chi connectivity index (χ2v) is 11.0. The number of carbonyl (C=O) groups is 4. The summed E-state index contributed by atoms with van der Waals surface area (Å²) < 4.78 is 10.9. The number of aliphatic hydroxyl groups is 1. The zero-order valence-corrected chi connectivity index (χ0v) is 25.3. The van der Waals surface area contributed by atoms with E-state index in [9.17, 15) is 19.2 Å². The predicted octanol–water partition coefficient (Wildman–Crippen LogP) is 3.54. The van der Waals surface area contributed by atoms with Gasteiger partial charge in [-0.25, -0.2) is 0 Å². The molecule has 0 radical (unpaired) electrons. The van der Waals surface area contributed by atoms with Crippen molar-refractivity contribution in [2.45, 2.75) is 38.1 Å². The zero-order valence-electron chi connectivity index (χ0n) is 25.3. The Bertz CT molecular complexity index is 1460. The number of nitrogens with one attached hydrogen (secondary N) is 3. The van der Waals surface area contributed by atoms with E-state index in [2.05, 4.69) is 16.0 Å². The van der Waals surface area contributed by atoms with Crippen LogP contribution in [0, 0.1) is 11.8 Å². The summed E-state index contributed by atoms with van der Waals surface area (Å²) in [5.41, 5.74) is 1.53. The molecule has 3 aromatic rings. The smallest absolute Gasteiger partial charge is 0.309 e. The van der Waals surface area contributed by atoms with E-state index in [1.807, 2.05) is 78.9 Å². The zero-order chi connectivity index (χ0) is 31.9. The Morgan fingerprint density at radius 2 is 1.71 bits per heavy atom. The van der Waals surface area contributed by atoms with E-state index in [0.717, 1.165) is 16.3 Å². The van der Waals surface area contributed by atoms with Gasteiger partial charge in [0.1, 0.15) is 12.6 Å². The average Bonchev–Trinajstić information content (AvgIpc) is 3.06. The van der Waals surface area contributed by atoms with Gasteiger partial charge >= 0.3 is 5.97 Å². The number of amides is 3. The second kappa shape index (κ2) is 17.7. The Labute approximate surface area is 263 Å². The average molecular weight is 616 g/mol. The molecule has 10 nitrogen and oxygen atoms in total. The molecule has 3 aromatic carbocycles. The molecule has 4 N–H and O–H groups in total. The molecular formula is C35H41N3O7. The largest absolute Gasteiger partial charge is 0.463 e. The van der Waals surface area contributed by atoms with E-state index in [1.165, 1.54) is 0 Å². The quantitative estimate of drug-likeness (QED) is 0.147. The number of aliphatic hydroxyl groups excluding tert-OH is 1. The summed E-state index contributed by atoms with van der Waals surface area (Å²) in [5.74, 6) is -3.02. The molecule has 0 spiro atoms.